The van der Waals surface area contributed by atoms with Crippen molar-refractivity contribution in [2.24, 2.45) is 0 Å². The minimum Gasteiger partial charge on any atom is -0.388 e. The summed E-state index contributed by atoms with van der Waals surface area (Å²) in [6.07, 6.45) is 3.66. The molecule has 0 saturated carbocycles. The molecule has 2 heterocycles. The zero-order chi connectivity index (χ0) is 12.4. The van der Waals surface area contributed by atoms with Crippen molar-refractivity contribution in [3.63, 3.8) is 0 Å². The molecule has 0 spiro atoms. The second-order valence-corrected chi connectivity index (χ2v) is 5.39. The lowest BCUT2D eigenvalue weighted by molar-refractivity contribution is 0.178. The predicted molar refractivity (Wildman–Crippen MR) is 68.1 cm³/mol. The molecule has 0 aliphatic carbocycles. The third-order valence-corrected chi connectivity index (χ3v) is 3.56. The van der Waals surface area contributed by atoms with Gasteiger partial charge in [0.25, 0.3) is 0 Å². The maximum Gasteiger partial charge on any atom is 0.0957 e. The van der Waals surface area contributed by atoms with Crippen LogP contribution in [0, 0.1) is 6.92 Å². The van der Waals surface area contributed by atoms with E-state index in [1.807, 2.05) is 23.2 Å². The molecule has 0 aliphatic rings. The van der Waals surface area contributed by atoms with Crippen LogP contribution in [-0.4, -0.2) is 19.9 Å². The zero-order valence-electron chi connectivity index (χ0n) is 10.3. The average Bonchev–Trinajstić information content (AvgIpc) is 2.86. The van der Waals surface area contributed by atoms with Crippen LogP contribution in [0.25, 0.3) is 0 Å². The van der Waals surface area contributed by atoms with Crippen LogP contribution in [-0.2, 0) is 6.42 Å². The van der Waals surface area contributed by atoms with E-state index in [2.05, 4.69) is 23.9 Å². The van der Waals surface area contributed by atoms with Crippen molar-refractivity contribution in [1.82, 2.24) is 14.8 Å². The first-order valence-electron chi connectivity index (χ1n) is 5.69. The number of aryl methyl sites for hydroxylation is 1. The van der Waals surface area contributed by atoms with Gasteiger partial charge in [-0.2, -0.15) is 5.10 Å². The van der Waals surface area contributed by atoms with E-state index in [1.54, 1.807) is 17.5 Å². The molecule has 5 heteroatoms. The Bertz CT molecular complexity index is 489. The Kier molecular flexibility index (Phi) is 3.59. The molecule has 2 aromatic rings. The first-order chi connectivity index (χ1) is 8.06. The second-order valence-electron chi connectivity index (χ2n) is 4.45. The van der Waals surface area contributed by atoms with Crippen molar-refractivity contribution < 1.29 is 5.11 Å². The van der Waals surface area contributed by atoms with Gasteiger partial charge in [0.15, 0.2) is 0 Å². The van der Waals surface area contributed by atoms with Crippen LogP contribution < -0.4 is 0 Å². The fourth-order valence-electron chi connectivity index (χ4n) is 1.59. The number of aliphatic hydroxyl groups is 1. The van der Waals surface area contributed by atoms with E-state index in [-0.39, 0.29) is 0 Å². The van der Waals surface area contributed by atoms with Crippen molar-refractivity contribution in [2.75, 3.05) is 0 Å². The molecule has 1 atom stereocenters. The lowest BCUT2D eigenvalue weighted by Crippen LogP contribution is -2.02. The smallest absolute Gasteiger partial charge is 0.0957 e. The minimum absolute atomic E-state index is 0.318. The van der Waals surface area contributed by atoms with Crippen molar-refractivity contribution in [1.29, 1.82) is 0 Å². The van der Waals surface area contributed by atoms with Gasteiger partial charge in [-0.05, 0) is 20.8 Å². The van der Waals surface area contributed by atoms with Crippen LogP contribution in [0.2, 0.25) is 0 Å². The summed E-state index contributed by atoms with van der Waals surface area (Å²) >= 11 is 1.59. The molecule has 4 nitrogen and oxygen atoms in total. The highest BCUT2D eigenvalue weighted by Crippen LogP contribution is 2.20. The van der Waals surface area contributed by atoms with Gasteiger partial charge < -0.3 is 5.11 Å². The zero-order valence-corrected chi connectivity index (χ0v) is 11.1. The van der Waals surface area contributed by atoms with E-state index in [1.165, 1.54) is 0 Å². The van der Waals surface area contributed by atoms with Gasteiger partial charge in [0.2, 0.25) is 0 Å². The fraction of sp³-hybridized carbons (Fsp3) is 0.500. The largest absolute Gasteiger partial charge is 0.388 e. The summed E-state index contributed by atoms with van der Waals surface area (Å²) in [5, 5.41) is 17.3. The van der Waals surface area contributed by atoms with Gasteiger partial charge in [-0.15, -0.1) is 11.3 Å². The van der Waals surface area contributed by atoms with Gasteiger partial charge in [0, 0.05) is 35.3 Å². The summed E-state index contributed by atoms with van der Waals surface area (Å²) in [5.41, 5.74) is 1.86. The lowest BCUT2D eigenvalue weighted by Gasteiger charge is -2.06. The Morgan fingerprint density at radius 2 is 2.24 bits per heavy atom. The monoisotopic (exact) mass is 251 g/mol. The van der Waals surface area contributed by atoms with Crippen LogP contribution in [0.5, 0.6) is 0 Å². The summed E-state index contributed by atoms with van der Waals surface area (Å²) in [7, 11) is 0. The molecular weight excluding hydrogens is 234 g/mol. The number of hydrogen-bond donors (Lipinski definition) is 1. The molecular formula is C12H17N3OS. The number of rotatable bonds is 4. The summed E-state index contributed by atoms with van der Waals surface area (Å²) < 4.78 is 1.85. The standard InChI is InChI=1S/C12H17N3OS/c1-8(2)15-6-10(5-13-15)11(16)4-12-14-9(3)7-17-12/h5-8,11,16H,4H2,1-3H3. The third kappa shape index (κ3) is 2.92. The fourth-order valence-corrected chi connectivity index (χ4v) is 2.40. The van der Waals surface area contributed by atoms with Crippen LogP contribution in [0.15, 0.2) is 17.8 Å². The highest BCUT2D eigenvalue weighted by molar-refractivity contribution is 7.09. The molecule has 0 bridgehead atoms. The van der Waals surface area contributed by atoms with Crippen molar-refractivity contribution >= 4 is 11.3 Å². The predicted octanol–water partition coefficient (Wildman–Crippen LogP) is 2.51. The van der Waals surface area contributed by atoms with Gasteiger partial charge in [-0.3, -0.25) is 4.68 Å². The van der Waals surface area contributed by atoms with Crippen molar-refractivity contribution in [2.45, 2.75) is 39.3 Å². The Balaban J connectivity index is 2.06. The number of aromatic nitrogens is 3. The van der Waals surface area contributed by atoms with Gasteiger partial charge in [-0.25, -0.2) is 4.98 Å². The average molecular weight is 251 g/mol. The molecule has 1 unspecified atom stereocenters. The highest BCUT2D eigenvalue weighted by atomic mass is 32.1. The van der Waals surface area contributed by atoms with E-state index in [0.29, 0.717) is 12.5 Å². The Hall–Kier alpha value is -1.20. The van der Waals surface area contributed by atoms with Crippen LogP contribution in [0.3, 0.4) is 0 Å². The summed E-state index contributed by atoms with van der Waals surface area (Å²) in [6, 6.07) is 0.318. The SMILES string of the molecule is Cc1csc(CC(O)c2cnn(C(C)C)c2)n1. The van der Waals surface area contributed by atoms with E-state index < -0.39 is 6.10 Å². The first kappa shape index (κ1) is 12.3. The molecule has 92 valence electrons. The molecule has 2 rings (SSSR count). The second kappa shape index (κ2) is 4.98. The third-order valence-electron chi connectivity index (χ3n) is 2.57. The molecule has 0 radical (unpaired) electrons. The van der Waals surface area contributed by atoms with Crippen molar-refractivity contribution in [3.05, 3.63) is 34.0 Å². The van der Waals surface area contributed by atoms with Gasteiger partial charge >= 0.3 is 0 Å². The highest BCUT2D eigenvalue weighted by Gasteiger charge is 2.13. The Morgan fingerprint density at radius 1 is 1.47 bits per heavy atom. The van der Waals surface area contributed by atoms with Crippen LogP contribution in [0.1, 0.15) is 42.3 Å². The molecule has 2 aromatic heterocycles. The van der Waals surface area contributed by atoms with E-state index in [9.17, 15) is 5.11 Å². The molecule has 0 fully saturated rings. The van der Waals surface area contributed by atoms with E-state index >= 15 is 0 Å². The van der Waals surface area contributed by atoms with Crippen LogP contribution >= 0.6 is 11.3 Å². The Labute approximate surface area is 105 Å². The molecule has 17 heavy (non-hydrogen) atoms. The number of thiazole rings is 1. The maximum absolute atomic E-state index is 10.1. The molecule has 0 aromatic carbocycles. The summed E-state index contributed by atoms with van der Waals surface area (Å²) in [5.74, 6) is 0. The van der Waals surface area contributed by atoms with Gasteiger partial charge in [-0.1, -0.05) is 0 Å². The van der Waals surface area contributed by atoms with Gasteiger partial charge in [0.1, 0.15) is 0 Å². The normalized spacial score (nSPS) is 13.2. The summed E-state index contributed by atoms with van der Waals surface area (Å²) in [6.45, 7) is 6.09. The lowest BCUT2D eigenvalue weighted by atomic mass is 10.1. The molecule has 1 N–H and O–H groups in total. The van der Waals surface area contributed by atoms with Crippen molar-refractivity contribution in [3.8, 4) is 0 Å². The van der Waals surface area contributed by atoms with Gasteiger partial charge in [0.05, 0.1) is 17.3 Å². The quantitative estimate of drug-likeness (QED) is 0.908. The Morgan fingerprint density at radius 3 is 2.76 bits per heavy atom. The van der Waals surface area contributed by atoms with E-state index in [4.69, 9.17) is 0 Å². The summed E-state index contributed by atoms with van der Waals surface area (Å²) in [4.78, 5) is 4.35. The number of aliphatic hydroxyl groups excluding tert-OH is 1. The maximum atomic E-state index is 10.1. The molecule has 0 aliphatic heterocycles. The molecule has 0 saturated heterocycles. The number of nitrogens with zero attached hydrogens (tertiary/aromatic N) is 3. The first-order valence-corrected chi connectivity index (χ1v) is 6.57. The minimum atomic E-state index is -0.520. The van der Waals surface area contributed by atoms with E-state index in [0.717, 1.165) is 16.3 Å². The van der Waals surface area contributed by atoms with Crippen LogP contribution in [0.4, 0.5) is 0 Å². The molecule has 0 amide bonds. The topological polar surface area (TPSA) is 50.9 Å². The number of hydrogen-bond acceptors (Lipinski definition) is 4.